The number of anilines is 3. The van der Waals surface area contributed by atoms with Crippen molar-refractivity contribution in [3.63, 3.8) is 0 Å². The van der Waals surface area contributed by atoms with Crippen LogP contribution in [-0.2, 0) is 6.18 Å². The summed E-state index contributed by atoms with van der Waals surface area (Å²) < 4.78 is 38.8. The molecule has 3 rings (SSSR count). The summed E-state index contributed by atoms with van der Waals surface area (Å²) >= 11 is 6.06. The maximum atomic E-state index is 12.9. The van der Waals surface area contributed by atoms with E-state index in [1.165, 1.54) is 12.5 Å². The number of aryl methyl sites for hydroxylation is 1. The number of hydrogen-bond acceptors (Lipinski definition) is 4. The summed E-state index contributed by atoms with van der Waals surface area (Å²) in [7, 11) is 0. The van der Waals surface area contributed by atoms with E-state index in [1.807, 2.05) is 6.92 Å². The van der Waals surface area contributed by atoms with Gasteiger partial charge in [0.1, 0.15) is 5.82 Å². The van der Waals surface area contributed by atoms with E-state index in [1.54, 1.807) is 6.07 Å². The fourth-order valence-corrected chi connectivity index (χ4v) is 3.23. The minimum atomic E-state index is -4.43. The van der Waals surface area contributed by atoms with Crippen LogP contribution >= 0.6 is 11.6 Å². The molecule has 0 bridgehead atoms. The Bertz CT molecular complexity index is 794. The number of nitrogens with one attached hydrogen (secondary N) is 1. The first-order valence-corrected chi connectivity index (χ1v) is 8.84. The zero-order valence-electron chi connectivity index (χ0n) is 14.6. The number of alkyl halides is 3. The molecule has 1 aromatic carbocycles. The van der Waals surface area contributed by atoms with Crippen molar-refractivity contribution in [2.45, 2.75) is 32.9 Å². The second-order valence-corrected chi connectivity index (χ2v) is 7.11. The summed E-state index contributed by atoms with van der Waals surface area (Å²) in [6.45, 7) is 5.76. The Labute approximate surface area is 155 Å². The van der Waals surface area contributed by atoms with Crippen LogP contribution in [0.4, 0.5) is 30.6 Å². The summed E-state index contributed by atoms with van der Waals surface area (Å²) in [5, 5.41) is 3.10. The van der Waals surface area contributed by atoms with E-state index in [-0.39, 0.29) is 10.7 Å². The topological polar surface area (TPSA) is 41.1 Å². The summed E-state index contributed by atoms with van der Waals surface area (Å²) in [5.74, 6) is 1.57. The van der Waals surface area contributed by atoms with Crippen LogP contribution in [0.15, 0.2) is 24.3 Å². The zero-order chi connectivity index (χ0) is 18.9. The van der Waals surface area contributed by atoms with Crippen LogP contribution in [-0.4, -0.2) is 23.1 Å². The van der Waals surface area contributed by atoms with Crippen LogP contribution < -0.4 is 10.2 Å². The van der Waals surface area contributed by atoms with Crippen LogP contribution in [0.5, 0.6) is 0 Å². The number of aromatic nitrogens is 2. The van der Waals surface area contributed by atoms with Gasteiger partial charge in [-0.3, -0.25) is 0 Å². The lowest BCUT2D eigenvalue weighted by Gasteiger charge is -2.31. The molecule has 0 aliphatic carbocycles. The number of rotatable bonds is 3. The molecule has 0 radical (unpaired) electrons. The van der Waals surface area contributed by atoms with Gasteiger partial charge in [-0.2, -0.15) is 18.2 Å². The SMILES string of the molecule is Cc1cc(Nc2cc(C(F)(F)F)ccc2Cl)nc(N2CCCC(C)C2)n1. The third kappa shape index (κ3) is 4.38. The normalized spacial score (nSPS) is 18.1. The Morgan fingerprint density at radius 1 is 1.23 bits per heavy atom. The molecule has 0 saturated carbocycles. The standard InChI is InChI=1S/C18H20ClF3N4/c1-11-4-3-7-26(10-11)17-23-12(2)8-16(25-17)24-15-9-13(18(20,21)22)5-6-14(15)19/h5-6,8-9,11H,3-4,7,10H2,1-2H3,(H,23,24,25). The molecular formula is C18H20ClF3N4. The first-order chi connectivity index (χ1) is 12.2. The molecule has 1 N–H and O–H groups in total. The molecule has 26 heavy (non-hydrogen) atoms. The summed E-state index contributed by atoms with van der Waals surface area (Å²) in [5.41, 5.74) is 0.136. The number of hydrogen-bond donors (Lipinski definition) is 1. The highest BCUT2D eigenvalue weighted by Gasteiger charge is 2.31. The van der Waals surface area contributed by atoms with E-state index in [4.69, 9.17) is 11.6 Å². The van der Waals surface area contributed by atoms with Crippen molar-refractivity contribution in [2.75, 3.05) is 23.3 Å². The maximum Gasteiger partial charge on any atom is 0.416 e. The first-order valence-electron chi connectivity index (χ1n) is 8.47. The van der Waals surface area contributed by atoms with E-state index >= 15 is 0 Å². The van der Waals surface area contributed by atoms with Gasteiger partial charge < -0.3 is 10.2 Å². The van der Waals surface area contributed by atoms with Crippen LogP contribution in [0.2, 0.25) is 5.02 Å². The Hall–Kier alpha value is -2.02. The molecule has 0 spiro atoms. The lowest BCUT2D eigenvalue weighted by Crippen LogP contribution is -2.35. The van der Waals surface area contributed by atoms with Gasteiger partial charge in [0.25, 0.3) is 0 Å². The lowest BCUT2D eigenvalue weighted by atomic mass is 10.0. The van der Waals surface area contributed by atoms with Crippen molar-refractivity contribution in [1.82, 2.24) is 9.97 Å². The molecule has 2 aromatic rings. The second-order valence-electron chi connectivity index (χ2n) is 6.71. The smallest absolute Gasteiger partial charge is 0.340 e. The van der Waals surface area contributed by atoms with Crippen LogP contribution in [0.25, 0.3) is 0 Å². The molecule has 2 heterocycles. The Balaban J connectivity index is 1.89. The Morgan fingerprint density at radius 3 is 2.69 bits per heavy atom. The number of piperidine rings is 1. The molecule has 1 saturated heterocycles. The van der Waals surface area contributed by atoms with Gasteiger partial charge in [0.15, 0.2) is 0 Å². The molecule has 140 valence electrons. The van der Waals surface area contributed by atoms with Gasteiger partial charge >= 0.3 is 6.18 Å². The van der Waals surface area contributed by atoms with Crippen molar-refractivity contribution in [3.05, 3.63) is 40.5 Å². The Kier molecular flexibility index (Phi) is 5.27. The molecule has 4 nitrogen and oxygen atoms in total. The molecule has 1 unspecified atom stereocenters. The van der Waals surface area contributed by atoms with Crippen molar-refractivity contribution in [3.8, 4) is 0 Å². The van der Waals surface area contributed by atoms with Crippen LogP contribution in [0.3, 0.4) is 0 Å². The minimum Gasteiger partial charge on any atom is -0.340 e. The minimum absolute atomic E-state index is 0.164. The van der Waals surface area contributed by atoms with Gasteiger partial charge in [-0.15, -0.1) is 0 Å². The van der Waals surface area contributed by atoms with Crippen molar-refractivity contribution < 1.29 is 13.2 Å². The highest BCUT2D eigenvalue weighted by Crippen LogP contribution is 2.35. The van der Waals surface area contributed by atoms with Crippen LogP contribution in [0, 0.1) is 12.8 Å². The highest BCUT2D eigenvalue weighted by molar-refractivity contribution is 6.33. The zero-order valence-corrected chi connectivity index (χ0v) is 15.3. The van der Waals surface area contributed by atoms with Gasteiger partial charge in [0.2, 0.25) is 5.95 Å². The fourth-order valence-electron chi connectivity index (χ4n) is 3.06. The van der Waals surface area contributed by atoms with Crippen molar-refractivity contribution in [1.29, 1.82) is 0 Å². The van der Waals surface area contributed by atoms with E-state index in [9.17, 15) is 13.2 Å². The summed E-state index contributed by atoms with van der Waals surface area (Å²) in [4.78, 5) is 11.1. The van der Waals surface area contributed by atoms with Gasteiger partial charge in [-0.1, -0.05) is 18.5 Å². The van der Waals surface area contributed by atoms with Gasteiger partial charge in [0.05, 0.1) is 16.3 Å². The van der Waals surface area contributed by atoms with Crippen molar-refractivity contribution >= 4 is 29.1 Å². The molecule has 0 amide bonds. The molecular weight excluding hydrogens is 365 g/mol. The van der Waals surface area contributed by atoms with Gasteiger partial charge in [0, 0.05) is 24.8 Å². The molecule has 1 aliphatic heterocycles. The molecule has 1 aromatic heterocycles. The number of benzene rings is 1. The molecule has 1 atom stereocenters. The third-order valence-electron chi connectivity index (χ3n) is 4.34. The number of nitrogens with zero attached hydrogens (tertiary/aromatic N) is 3. The van der Waals surface area contributed by atoms with Gasteiger partial charge in [-0.25, -0.2) is 4.98 Å². The number of halogens is 4. The van der Waals surface area contributed by atoms with E-state index < -0.39 is 11.7 Å². The second kappa shape index (κ2) is 7.31. The van der Waals surface area contributed by atoms with Crippen LogP contribution in [0.1, 0.15) is 31.0 Å². The summed E-state index contributed by atoms with van der Waals surface area (Å²) in [6.07, 6.45) is -2.19. The predicted molar refractivity (Wildman–Crippen MR) is 97.1 cm³/mol. The lowest BCUT2D eigenvalue weighted by molar-refractivity contribution is -0.137. The predicted octanol–water partition coefficient (Wildman–Crippen LogP) is 5.44. The summed E-state index contributed by atoms with van der Waals surface area (Å²) in [6, 6.07) is 4.86. The first kappa shape index (κ1) is 18.8. The third-order valence-corrected chi connectivity index (χ3v) is 4.67. The Morgan fingerprint density at radius 2 is 2.00 bits per heavy atom. The quantitative estimate of drug-likeness (QED) is 0.765. The highest BCUT2D eigenvalue weighted by atomic mass is 35.5. The average Bonchev–Trinajstić information content (AvgIpc) is 2.55. The van der Waals surface area contributed by atoms with Crippen molar-refractivity contribution in [2.24, 2.45) is 5.92 Å². The molecule has 1 aliphatic rings. The van der Waals surface area contributed by atoms with E-state index in [0.717, 1.165) is 37.3 Å². The fraction of sp³-hybridized carbons (Fsp3) is 0.444. The van der Waals surface area contributed by atoms with Gasteiger partial charge in [-0.05, 0) is 43.9 Å². The molecule has 8 heteroatoms. The monoisotopic (exact) mass is 384 g/mol. The van der Waals surface area contributed by atoms with E-state index in [2.05, 4.69) is 27.1 Å². The average molecular weight is 385 g/mol. The molecule has 1 fully saturated rings. The maximum absolute atomic E-state index is 12.9. The van der Waals surface area contributed by atoms with E-state index in [0.29, 0.717) is 17.7 Å². The largest absolute Gasteiger partial charge is 0.416 e.